The van der Waals surface area contributed by atoms with Crippen LogP contribution in [-0.4, -0.2) is 29.0 Å². The number of hydrogen-bond acceptors (Lipinski definition) is 4. The summed E-state index contributed by atoms with van der Waals surface area (Å²) in [6.45, 7) is 0. The van der Waals surface area contributed by atoms with Crippen LogP contribution < -0.4 is 10.1 Å². The van der Waals surface area contributed by atoms with Crippen molar-refractivity contribution in [3.8, 4) is 11.5 Å². The van der Waals surface area contributed by atoms with Crippen molar-refractivity contribution in [1.29, 1.82) is 0 Å². The molecule has 0 aliphatic carbocycles. The maximum atomic E-state index is 11.5. The van der Waals surface area contributed by atoms with Crippen molar-refractivity contribution in [3.05, 3.63) is 51.4 Å². The van der Waals surface area contributed by atoms with Crippen molar-refractivity contribution >= 4 is 34.5 Å². The Kier molecular flexibility index (Phi) is 4.73. The molecule has 0 aliphatic heterocycles. The number of halogens is 1. The number of rotatable bonds is 4. The third-order valence-corrected chi connectivity index (χ3v) is 3.26. The summed E-state index contributed by atoms with van der Waals surface area (Å²) in [7, 11) is 1.50. The van der Waals surface area contributed by atoms with Crippen molar-refractivity contribution < 1.29 is 19.4 Å². The monoisotopic (exact) mass is 398 g/mol. The topological polar surface area (TPSA) is 88.5 Å². The van der Waals surface area contributed by atoms with E-state index in [9.17, 15) is 14.7 Å². The van der Waals surface area contributed by atoms with Gasteiger partial charge in [0.2, 0.25) is 0 Å². The van der Waals surface area contributed by atoms with E-state index in [-0.39, 0.29) is 22.9 Å². The number of carbonyl (C=O) groups excluding carboxylic acids is 1. The number of nitrogens with one attached hydrogen (secondary N) is 1. The number of amides is 1. The lowest BCUT2D eigenvalue weighted by atomic mass is 10.2. The first kappa shape index (κ1) is 15.2. The molecule has 108 valence electrons. The summed E-state index contributed by atoms with van der Waals surface area (Å²) in [4.78, 5) is 26.7. The van der Waals surface area contributed by atoms with Crippen LogP contribution >= 0.6 is 22.6 Å². The van der Waals surface area contributed by atoms with E-state index in [0.29, 0.717) is 5.75 Å². The number of pyridine rings is 1. The Bertz CT molecular complexity index is 703. The van der Waals surface area contributed by atoms with Crippen molar-refractivity contribution in [1.82, 2.24) is 10.3 Å². The molecule has 2 rings (SSSR count). The van der Waals surface area contributed by atoms with Crippen LogP contribution in [0.5, 0.6) is 11.5 Å². The van der Waals surface area contributed by atoms with E-state index in [1.165, 1.54) is 25.4 Å². The number of nitrogens with zero attached hydrogens (tertiary/aromatic N) is 1. The van der Waals surface area contributed by atoms with Crippen LogP contribution in [-0.2, 0) is 0 Å². The van der Waals surface area contributed by atoms with Gasteiger partial charge in [0, 0.05) is 22.9 Å². The van der Waals surface area contributed by atoms with Gasteiger partial charge in [0.05, 0.1) is 0 Å². The predicted molar refractivity (Wildman–Crippen MR) is 83.8 cm³/mol. The minimum atomic E-state index is -1.08. The summed E-state index contributed by atoms with van der Waals surface area (Å²) in [5.74, 6) is -0.880. The number of hydrogen-bond donors (Lipinski definition) is 2. The third-order valence-electron chi connectivity index (χ3n) is 2.59. The Morgan fingerprint density at radius 3 is 2.71 bits per heavy atom. The van der Waals surface area contributed by atoms with Gasteiger partial charge in [-0.25, -0.2) is 4.79 Å². The summed E-state index contributed by atoms with van der Waals surface area (Å²) in [5, 5.41) is 11.6. The van der Waals surface area contributed by atoms with Crippen LogP contribution in [0.25, 0.3) is 0 Å². The molecule has 0 radical (unpaired) electrons. The van der Waals surface area contributed by atoms with E-state index in [0.717, 1.165) is 3.57 Å². The van der Waals surface area contributed by atoms with Gasteiger partial charge in [0.1, 0.15) is 22.8 Å². The minimum absolute atomic E-state index is 0.0557. The highest BCUT2D eigenvalue weighted by Crippen LogP contribution is 2.27. The third kappa shape index (κ3) is 3.69. The molecule has 1 heterocycles. The number of aromatic carboxylic acids is 1. The molecule has 0 unspecified atom stereocenters. The van der Waals surface area contributed by atoms with Gasteiger partial charge in [-0.1, -0.05) is 0 Å². The molecule has 0 aliphatic rings. The highest BCUT2D eigenvalue weighted by atomic mass is 127. The van der Waals surface area contributed by atoms with E-state index < -0.39 is 5.97 Å². The number of ether oxygens (including phenoxy) is 1. The summed E-state index contributed by atoms with van der Waals surface area (Å²) in [5.41, 5.74) is 0.248. The largest absolute Gasteiger partial charge is 0.478 e. The molecule has 6 nitrogen and oxygen atoms in total. The lowest BCUT2D eigenvalue weighted by Gasteiger charge is -2.09. The number of benzene rings is 1. The zero-order chi connectivity index (χ0) is 15.4. The first-order valence-electron chi connectivity index (χ1n) is 5.90. The predicted octanol–water partition coefficient (Wildman–Crippen LogP) is 2.54. The fourth-order valence-corrected chi connectivity index (χ4v) is 2.10. The average Bonchev–Trinajstić information content (AvgIpc) is 2.48. The molecular weight excluding hydrogens is 387 g/mol. The smallest absolute Gasteiger partial charge is 0.339 e. The summed E-state index contributed by atoms with van der Waals surface area (Å²) in [6, 6.07) is 7.83. The second kappa shape index (κ2) is 6.53. The minimum Gasteiger partial charge on any atom is -0.478 e. The van der Waals surface area contributed by atoms with E-state index in [1.54, 1.807) is 18.2 Å². The first-order chi connectivity index (χ1) is 10.0. The molecular formula is C14H11IN2O4. The zero-order valence-electron chi connectivity index (χ0n) is 11.0. The van der Waals surface area contributed by atoms with Crippen molar-refractivity contribution in [2.24, 2.45) is 0 Å². The highest BCUT2D eigenvalue weighted by Gasteiger charge is 2.13. The van der Waals surface area contributed by atoms with Crippen LogP contribution in [0.2, 0.25) is 0 Å². The van der Waals surface area contributed by atoms with Gasteiger partial charge in [-0.2, -0.15) is 0 Å². The van der Waals surface area contributed by atoms with E-state index in [2.05, 4.69) is 10.3 Å². The summed E-state index contributed by atoms with van der Waals surface area (Å²) in [6.07, 6.45) is 1.42. The fourth-order valence-electron chi connectivity index (χ4n) is 1.61. The van der Waals surface area contributed by atoms with Crippen LogP contribution in [0.4, 0.5) is 0 Å². The molecule has 0 saturated heterocycles. The molecule has 1 aromatic heterocycles. The number of carboxylic acid groups (broad SMARTS) is 1. The quantitative estimate of drug-likeness (QED) is 0.773. The SMILES string of the molecule is CNC(=O)c1cc(Oc2ccc(I)cc2C(=O)O)ccn1. The Hall–Kier alpha value is -2.16. The maximum Gasteiger partial charge on any atom is 0.339 e. The second-order valence-corrected chi connectivity index (χ2v) is 5.25. The molecule has 2 aromatic rings. The van der Waals surface area contributed by atoms with Gasteiger partial charge < -0.3 is 15.2 Å². The van der Waals surface area contributed by atoms with E-state index in [1.807, 2.05) is 22.6 Å². The number of carbonyl (C=O) groups is 2. The van der Waals surface area contributed by atoms with Gasteiger partial charge in [0.25, 0.3) is 5.91 Å². The van der Waals surface area contributed by atoms with E-state index in [4.69, 9.17) is 4.74 Å². The Morgan fingerprint density at radius 1 is 1.29 bits per heavy atom. The fraction of sp³-hybridized carbons (Fsp3) is 0.0714. The molecule has 0 spiro atoms. The molecule has 1 amide bonds. The van der Waals surface area contributed by atoms with Gasteiger partial charge in [0.15, 0.2) is 0 Å². The van der Waals surface area contributed by atoms with Gasteiger partial charge in [-0.3, -0.25) is 9.78 Å². The lowest BCUT2D eigenvalue weighted by molar-refractivity contribution is 0.0693. The van der Waals surface area contributed by atoms with Crippen LogP contribution in [0.15, 0.2) is 36.5 Å². The molecule has 21 heavy (non-hydrogen) atoms. The Morgan fingerprint density at radius 2 is 2.05 bits per heavy atom. The van der Waals surface area contributed by atoms with Crippen molar-refractivity contribution in [2.75, 3.05) is 7.05 Å². The first-order valence-corrected chi connectivity index (χ1v) is 6.98. The summed E-state index contributed by atoms with van der Waals surface area (Å²) < 4.78 is 6.35. The molecule has 0 fully saturated rings. The van der Waals surface area contributed by atoms with E-state index >= 15 is 0 Å². The van der Waals surface area contributed by atoms with Crippen LogP contribution in [0, 0.1) is 3.57 Å². The van der Waals surface area contributed by atoms with Crippen LogP contribution in [0.1, 0.15) is 20.8 Å². The lowest BCUT2D eigenvalue weighted by Crippen LogP contribution is -2.19. The molecule has 0 atom stereocenters. The number of carboxylic acids is 1. The van der Waals surface area contributed by atoms with Gasteiger partial charge >= 0.3 is 5.97 Å². The normalized spacial score (nSPS) is 10.0. The van der Waals surface area contributed by atoms with Gasteiger partial charge in [-0.05, 0) is 46.9 Å². The molecule has 1 aromatic carbocycles. The van der Waals surface area contributed by atoms with Crippen molar-refractivity contribution in [3.63, 3.8) is 0 Å². The molecule has 7 heteroatoms. The Labute approximate surface area is 134 Å². The molecule has 0 bridgehead atoms. The Balaban J connectivity index is 2.34. The molecule has 2 N–H and O–H groups in total. The van der Waals surface area contributed by atoms with Crippen molar-refractivity contribution in [2.45, 2.75) is 0 Å². The standard InChI is InChI=1S/C14H11IN2O4/c1-16-13(18)11-7-9(4-5-17-11)21-12-3-2-8(15)6-10(12)14(19)20/h2-7H,1H3,(H,16,18)(H,19,20). The highest BCUT2D eigenvalue weighted by molar-refractivity contribution is 14.1. The zero-order valence-corrected chi connectivity index (χ0v) is 13.1. The summed E-state index contributed by atoms with van der Waals surface area (Å²) >= 11 is 2.02. The van der Waals surface area contributed by atoms with Crippen LogP contribution in [0.3, 0.4) is 0 Å². The van der Waals surface area contributed by atoms with Gasteiger partial charge in [-0.15, -0.1) is 0 Å². The second-order valence-electron chi connectivity index (χ2n) is 4.00. The average molecular weight is 398 g/mol. The number of aromatic nitrogens is 1. The molecule has 0 saturated carbocycles. The maximum absolute atomic E-state index is 11.5.